The Morgan fingerprint density at radius 1 is 0.947 bits per heavy atom. The maximum absolute atomic E-state index is 5.57. The minimum Gasteiger partial charge on any atom is -0.351 e. The Labute approximate surface area is 113 Å². The quantitative estimate of drug-likeness (QED) is 0.759. The monoisotopic (exact) mass is 250 g/mol. The minimum atomic E-state index is 0.704. The molecule has 0 fully saturated rings. The van der Waals surface area contributed by atoms with Gasteiger partial charge >= 0.3 is 0 Å². The Balaban J connectivity index is 1.98. The first-order chi connectivity index (χ1) is 9.28. The minimum absolute atomic E-state index is 0.704. The molecule has 3 rings (SSSR count). The smallest absolute Gasteiger partial charge is 0.0478 e. The van der Waals surface area contributed by atoms with Gasteiger partial charge in [-0.1, -0.05) is 30.3 Å². The predicted molar refractivity (Wildman–Crippen MR) is 81.1 cm³/mol. The van der Waals surface area contributed by atoms with E-state index in [1.165, 1.54) is 27.6 Å². The van der Waals surface area contributed by atoms with Crippen molar-refractivity contribution in [1.29, 1.82) is 0 Å². The van der Waals surface area contributed by atoms with Crippen LogP contribution in [0.3, 0.4) is 0 Å². The number of aryl methyl sites for hydroxylation is 1. The molecule has 0 saturated carbocycles. The van der Waals surface area contributed by atoms with Gasteiger partial charge in [-0.15, -0.1) is 0 Å². The fourth-order valence-electron chi connectivity index (χ4n) is 2.49. The number of fused-ring (bicyclic) bond motifs is 1. The summed E-state index contributed by atoms with van der Waals surface area (Å²) >= 11 is 0. The lowest BCUT2D eigenvalue weighted by Gasteiger charge is -2.05. The predicted octanol–water partition coefficient (Wildman–Crippen LogP) is 3.35. The van der Waals surface area contributed by atoms with Crippen LogP contribution in [-0.2, 0) is 13.5 Å². The highest BCUT2D eigenvalue weighted by Gasteiger charge is 2.02. The summed E-state index contributed by atoms with van der Waals surface area (Å²) in [7, 11) is 2.07. The van der Waals surface area contributed by atoms with Crippen LogP contribution in [0.25, 0.3) is 22.0 Å². The molecule has 2 nitrogen and oxygen atoms in total. The van der Waals surface area contributed by atoms with E-state index >= 15 is 0 Å². The zero-order valence-corrected chi connectivity index (χ0v) is 11.1. The molecule has 96 valence electrons. The average molecular weight is 250 g/mol. The van der Waals surface area contributed by atoms with Gasteiger partial charge in [0.25, 0.3) is 0 Å². The van der Waals surface area contributed by atoms with E-state index in [1.807, 2.05) is 0 Å². The van der Waals surface area contributed by atoms with E-state index < -0.39 is 0 Å². The van der Waals surface area contributed by atoms with E-state index in [-0.39, 0.29) is 0 Å². The lowest BCUT2D eigenvalue weighted by molar-refractivity contribution is 0.969. The van der Waals surface area contributed by atoms with E-state index in [0.29, 0.717) is 6.54 Å². The fourth-order valence-corrected chi connectivity index (χ4v) is 2.49. The van der Waals surface area contributed by atoms with Crippen LogP contribution in [0, 0.1) is 0 Å². The molecule has 0 bridgehead atoms. The second-order valence-electron chi connectivity index (χ2n) is 4.94. The van der Waals surface area contributed by atoms with E-state index in [0.717, 1.165) is 6.42 Å². The summed E-state index contributed by atoms with van der Waals surface area (Å²) in [6.07, 6.45) is 3.04. The van der Waals surface area contributed by atoms with Crippen LogP contribution in [0.1, 0.15) is 5.56 Å². The summed E-state index contributed by atoms with van der Waals surface area (Å²) < 4.78 is 2.14. The molecular formula is C17H18N2. The van der Waals surface area contributed by atoms with Crippen LogP contribution in [0.2, 0.25) is 0 Å². The zero-order chi connectivity index (χ0) is 13.2. The number of nitrogens with two attached hydrogens (primary N) is 1. The van der Waals surface area contributed by atoms with Crippen LogP contribution in [0.5, 0.6) is 0 Å². The Hall–Kier alpha value is -2.06. The van der Waals surface area contributed by atoms with Gasteiger partial charge in [0.15, 0.2) is 0 Å². The highest BCUT2D eigenvalue weighted by atomic mass is 14.9. The molecule has 0 amide bonds. The van der Waals surface area contributed by atoms with Crippen molar-refractivity contribution in [2.45, 2.75) is 6.42 Å². The van der Waals surface area contributed by atoms with Gasteiger partial charge in [0.1, 0.15) is 0 Å². The molecule has 0 atom stereocenters. The van der Waals surface area contributed by atoms with Crippen LogP contribution < -0.4 is 5.73 Å². The van der Waals surface area contributed by atoms with Gasteiger partial charge in [-0.25, -0.2) is 0 Å². The molecule has 0 aliphatic heterocycles. The summed E-state index contributed by atoms with van der Waals surface area (Å²) in [5.74, 6) is 0. The molecule has 2 N–H and O–H groups in total. The molecule has 1 heterocycles. The lowest BCUT2D eigenvalue weighted by atomic mass is 10.0. The van der Waals surface area contributed by atoms with Gasteiger partial charge in [0.2, 0.25) is 0 Å². The van der Waals surface area contributed by atoms with E-state index in [9.17, 15) is 0 Å². The lowest BCUT2D eigenvalue weighted by Crippen LogP contribution is -2.02. The van der Waals surface area contributed by atoms with Crippen LogP contribution >= 0.6 is 0 Å². The molecule has 0 saturated heterocycles. The third-order valence-electron chi connectivity index (χ3n) is 3.61. The van der Waals surface area contributed by atoms with Crippen LogP contribution in [0.4, 0.5) is 0 Å². The van der Waals surface area contributed by atoms with Crippen molar-refractivity contribution >= 4 is 10.9 Å². The number of benzene rings is 2. The van der Waals surface area contributed by atoms with Crippen molar-refractivity contribution in [2.24, 2.45) is 12.8 Å². The van der Waals surface area contributed by atoms with Crippen LogP contribution in [0.15, 0.2) is 54.7 Å². The number of hydrogen-bond donors (Lipinski definition) is 1. The molecule has 19 heavy (non-hydrogen) atoms. The molecule has 0 unspecified atom stereocenters. The Morgan fingerprint density at radius 3 is 2.42 bits per heavy atom. The number of aromatic nitrogens is 1. The standard InChI is InChI=1S/C17H18N2/c1-19-11-9-16-12-15(6-7-17(16)19)14-4-2-13(3-5-14)8-10-18/h2-7,9,11-12H,8,10,18H2,1H3. The average Bonchev–Trinajstić information content (AvgIpc) is 2.81. The molecule has 0 aliphatic carbocycles. The van der Waals surface area contributed by atoms with Gasteiger partial charge in [0.05, 0.1) is 0 Å². The largest absolute Gasteiger partial charge is 0.351 e. The fraction of sp³-hybridized carbons (Fsp3) is 0.176. The van der Waals surface area contributed by atoms with Crippen molar-refractivity contribution in [3.05, 3.63) is 60.3 Å². The van der Waals surface area contributed by atoms with Crippen molar-refractivity contribution in [1.82, 2.24) is 4.57 Å². The SMILES string of the molecule is Cn1ccc2cc(-c3ccc(CCN)cc3)ccc21. The van der Waals surface area contributed by atoms with E-state index in [1.54, 1.807) is 0 Å². The van der Waals surface area contributed by atoms with Gasteiger partial charge in [0, 0.05) is 24.1 Å². The highest BCUT2D eigenvalue weighted by molar-refractivity contribution is 5.85. The molecule has 0 aliphatic rings. The molecule has 3 aromatic rings. The second-order valence-corrected chi connectivity index (χ2v) is 4.94. The van der Waals surface area contributed by atoms with E-state index in [4.69, 9.17) is 5.73 Å². The van der Waals surface area contributed by atoms with Crippen LogP contribution in [-0.4, -0.2) is 11.1 Å². The molecule has 2 heteroatoms. The van der Waals surface area contributed by atoms with Gasteiger partial charge in [-0.3, -0.25) is 0 Å². The summed E-state index contributed by atoms with van der Waals surface area (Å²) in [6, 6.07) is 17.4. The van der Waals surface area contributed by atoms with Crippen molar-refractivity contribution in [3.63, 3.8) is 0 Å². The van der Waals surface area contributed by atoms with Gasteiger partial charge in [-0.05, 0) is 47.9 Å². The number of rotatable bonds is 3. The molecular weight excluding hydrogens is 232 g/mol. The van der Waals surface area contributed by atoms with E-state index in [2.05, 4.69) is 66.3 Å². The van der Waals surface area contributed by atoms with Gasteiger partial charge < -0.3 is 10.3 Å². The normalized spacial score (nSPS) is 11.1. The van der Waals surface area contributed by atoms with Gasteiger partial charge in [-0.2, -0.15) is 0 Å². The summed E-state index contributed by atoms with van der Waals surface area (Å²) in [5, 5.41) is 1.28. The Kier molecular flexibility index (Phi) is 3.10. The summed E-state index contributed by atoms with van der Waals surface area (Å²) in [6.45, 7) is 0.704. The molecule has 0 spiro atoms. The van der Waals surface area contributed by atoms with Crippen molar-refractivity contribution in [2.75, 3.05) is 6.54 Å². The maximum atomic E-state index is 5.57. The molecule has 1 aromatic heterocycles. The summed E-state index contributed by atoms with van der Waals surface area (Å²) in [4.78, 5) is 0. The maximum Gasteiger partial charge on any atom is 0.0478 e. The second kappa shape index (κ2) is 4.90. The van der Waals surface area contributed by atoms with Crippen molar-refractivity contribution in [3.8, 4) is 11.1 Å². The highest BCUT2D eigenvalue weighted by Crippen LogP contribution is 2.25. The first kappa shape index (κ1) is 12.0. The molecule has 2 aromatic carbocycles. The third kappa shape index (κ3) is 2.27. The zero-order valence-electron chi connectivity index (χ0n) is 11.1. The third-order valence-corrected chi connectivity index (χ3v) is 3.61. The topological polar surface area (TPSA) is 30.9 Å². The first-order valence-corrected chi connectivity index (χ1v) is 6.62. The first-order valence-electron chi connectivity index (χ1n) is 6.62. The number of nitrogens with zero attached hydrogens (tertiary/aromatic N) is 1. The Morgan fingerprint density at radius 2 is 1.68 bits per heavy atom. The van der Waals surface area contributed by atoms with Crippen molar-refractivity contribution < 1.29 is 0 Å². The molecule has 0 radical (unpaired) electrons. The summed E-state index contributed by atoms with van der Waals surface area (Å²) in [5.41, 5.74) is 10.7. The number of hydrogen-bond acceptors (Lipinski definition) is 1. The Bertz CT molecular complexity index is 693.